The third kappa shape index (κ3) is 4.29. The van der Waals surface area contributed by atoms with E-state index >= 15 is 0 Å². The molecule has 0 spiro atoms. The highest BCUT2D eigenvalue weighted by Gasteiger charge is 2.15. The van der Waals surface area contributed by atoms with Crippen LogP contribution in [-0.2, 0) is 4.79 Å². The van der Waals surface area contributed by atoms with Crippen molar-refractivity contribution < 1.29 is 4.79 Å². The van der Waals surface area contributed by atoms with E-state index in [1.54, 1.807) is 11.9 Å². The molecule has 120 valence electrons. The van der Waals surface area contributed by atoms with Crippen LogP contribution in [0.25, 0.3) is 10.8 Å². The van der Waals surface area contributed by atoms with E-state index in [9.17, 15) is 4.79 Å². The summed E-state index contributed by atoms with van der Waals surface area (Å²) in [6.45, 7) is 2.41. The largest absolute Gasteiger partial charge is 0.341 e. The van der Waals surface area contributed by atoms with Crippen LogP contribution in [0.1, 0.15) is 6.92 Å². The molecule has 0 aliphatic rings. The summed E-state index contributed by atoms with van der Waals surface area (Å²) in [4.78, 5) is 14.9. The van der Waals surface area contributed by atoms with Crippen LogP contribution in [0, 0.1) is 0 Å². The topological polar surface area (TPSA) is 46.3 Å². The van der Waals surface area contributed by atoms with E-state index < -0.39 is 0 Å². The Morgan fingerprint density at radius 3 is 2.59 bits per heavy atom. The summed E-state index contributed by atoms with van der Waals surface area (Å²) in [5, 5.41) is 2.81. The van der Waals surface area contributed by atoms with E-state index in [-0.39, 0.29) is 24.4 Å². The van der Waals surface area contributed by atoms with E-state index in [1.807, 2.05) is 43.3 Å². The predicted molar refractivity (Wildman–Crippen MR) is 98.2 cm³/mol. The average Bonchev–Trinajstić information content (AvgIpc) is 2.51. The number of nitrogens with zero attached hydrogens (tertiary/aromatic N) is 1. The van der Waals surface area contributed by atoms with Gasteiger partial charge in [0.2, 0.25) is 5.91 Å². The van der Waals surface area contributed by atoms with Gasteiger partial charge in [-0.3, -0.25) is 4.79 Å². The molecule has 0 bridgehead atoms. The zero-order valence-electron chi connectivity index (χ0n) is 12.6. The number of hydrogen-bond acceptors (Lipinski definition) is 3. The number of halogens is 2. The van der Waals surface area contributed by atoms with Gasteiger partial charge in [-0.2, -0.15) is 0 Å². The quantitative estimate of drug-likeness (QED) is 0.826. The van der Waals surface area contributed by atoms with Crippen molar-refractivity contribution in [1.82, 2.24) is 4.90 Å². The predicted octanol–water partition coefficient (Wildman–Crippen LogP) is 3.81. The molecule has 1 unspecified atom stereocenters. The molecule has 2 N–H and O–H groups in total. The Morgan fingerprint density at radius 2 is 1.95 bits per heavy atom. The lowest BCUT2D eigenvalue weighted by atomic mass is 10.1. The van der Waals surface area contributed by atoms with E-state index in [0.29, 0.717) is 17.3 Å². The molecule has 0 saturated carbocycles. The smallest absolute Gasteiger partial charge is 0.232 e. The summed E-state index contributed by atoms with van der Waals surface area (Å²) in [5.41, 5.74) is 5.59. The second-order valence-electron chi connectivity index (χ2n) is 4.97. The fourth-order valence-electron chi connectivity index (χ4n) is 2.03. The number of benzene rings is 2. The van der Waals surface area contributed by atoms with Crippen molar-refractivity contribution in [3.05, 3.63) is 41.4 Å². The van der Waals surface area contributed by atoms with Crippen molar-refractivity contribution >= 4 is 52.4 Å². The Hall–Kier alpha value is -0.940. The average molecular weight is 359 g/mol. The van der Waals surface area contributed by atoms with Crippen LogP contribution in [0.15, 0.2) is 41.3 Å². The van der Waals surface area contributed by atoms with Gasteiger partial charge >= 0.3 is 0 Å². The Balaban J connectivity index is 0.00000242. The summed E-state index contributed by atoms with van der Waals surface area (Å²) >= 11 is 7.80. The van der Waals surface area contributed by atoms with Crippen molar-refractivity contribution in [2.75, 3.05) is 19.3 Å². The third-order valence-corrected chi connectivity index (χ3v) is 4.92. The highest BCUT2D eigenvalue weighted by atomic mass is 35.5. The Kier molecular flexibility index (Phi) is 7.49. The summed E-state index contributed by atoms with van der Waals surface area (Å²) in [6, 6.07) is 11.9. The van der Waals surface area contributed by atoms with Gasteiger partial charge < -0.3 is 10.6 Å². The molecule has 0 heterocycles. The second-order valence-corrected chi connectivity index (χ2v) is 6.40. The van der Waals surface area contributed by atoms with Gasteiger partial charge in [0.05, 0.1) is 5.75 Å². The van der Waals surface area contributed by atoms with E-state index in [0.717, 1.165) is 15.7 Å². The van der Waals surface area contributed by atoms with Gasteiger partial charge in [-0.15, -0.1) is 24.2 Å². The molecule has 0 aliphatic carbocycles. The van der Waals surface area contributed by atoms with Crippen LogP contribution in [0.4, 0.5) is 0 Å². The summed E-state index contributed by atoms with van der Waals surface area (Å²) in [7, 11) is 1.79. The summed E-state index contributed by atoms with van der Waals surface area (Å²) in [6.07, 6.45) is 0. The molecule has 0 aromatic heterocycles. The molecule has 6 heteroatoms. The highest BCUT2D eigenvalue weighted by Crippen LogP contribution is 2.33. The zero-order chi connectivity index (χ0) is 15.4. The lowest BCUT2D eigenvalue weighted by Crippen LogP contribution is -2.40. The molecule has 2 aromatic carbocycles. The minimum Gasteiger partial charge on any atom is -0.341 e. The molecule has 22 heavy (non-hydrogen) atoms. The minimum atomic E-state index is 0. The van der Waals surface area contributed by atoms with Crippen LogP contribution < -0.4 is 5.73 Å². The van der Waals surface area contributed by atoms with E-state index in [4.69, 9.17) is 17.3 Å². The second kappa shape index (κ2) is 8.63. The van der Waals surface area contributed by atoms with Crippen LogP contribution in [0.2, 0.25) is 5.02 Å². The van der Waals surface area contributed by atoms with Gasteiger partial charge in [0.1, 0.15) is 0 Å². The van der Waals surface area contributed by atoms with Gasteiger partial charge in [-0.25, -0.2) is 0 Å². The lowest BCUT2D eigenvalue weighted by Gasteiger charge is -2.23. The maximum atomic E-state index is 12.2. The van der Waals surface area contributed by atoms with Crippen LogP contribution in [-0.4, -0.2) is 36.2 Å². The molecule has 0 radical (unpaired) electrons. The van der Waals surface area contributed by atoms with Crippen molar-refractivity contribution in [2.24, 2.45) is 5.73 Å². The number of carbonyl (C=O) groups excluding carboxylic acids is 1. The fourth-order valence-corrected chi connectivity index (χ4v) is 3.40. The normalized spacial score (nSPS) is 11.8. The number of nitrogens with two attached hydrogens (primary N) is 1. The molecule has 2 aromatic rings. The molecule has 0 aliphatic heterocycles. The lowest BCUT2D eigenvalue weighted by molar-refractivity contribution is -0.128. The third-order valence-electron chi connectivity index (χ3n) is 3.56. The highest BCUT2D eigenvalue weighted by molar-refractivity contribution is 8.00. The van der Waals surface area contributed by atoms with Crippen LogP contribution in [0.5, 0.6) is 0 Å². The van der Waals surface area contributed by atoms with E-state index in [1.165, 1.54) is 11.8 Å². The number of rotatable bonds is 5. The fraction of sp³-hybridized carbons (Fsp3) is 0.312. The maximum absolute atomic E-state index is 12.2. The Labute approximate surface area is 146 Å². The van der Waals surface area contributed by atoms with Crippen LogP contribution in [0.3, 0.4) is 0 Å². The SMILES string of the molecule is CC(CN)N(C)C(=O)CSc1cccc2cccc(Cl)c12.Cl. The van der Waals surface area contributed by atoms with Crippen molar-refractivity contribution in [2.45, 2.75) is 17.9 Å². The molecule has 2 rings (SSSR count). The Bertz CT molecular complexity index is 646. The number of amides is 1. The number of fused-ring (bicyclic) bond motifs is 1. The molecule has 0 saturated heterocycles. The standard InChI is InChI=1S/C16H19ClN2OS.ClH/c1-11(9-18)19(2)15(20)10-21-14-8-4-6-12-5-3-7-13(17)16(12)14;/h3-8,11H,9-10,18H2,1-2H3;1H. The van der Waals surface area contributed by atoms with Gasteiger partial charge in [0.25, 0.3) is 0 Å². The van der Waals surface area contributed by atoms with Gasteiger partial charge in [-0.05, 0) is 24.4 Å². The van der Waals surface area contributed by atoms with Gasteiger partial charge in [-0.1, -0.05) is 35.9 Å². The van der Waals surface area contributed by atoms with Crippen molar-refractivity contribution in [3.63, 3.8) is 0 Å². The zero-order valence-corrected chi connectivity index (χ0v) is 15.0. The van der Waals surface area contributed by atoms with Crippen LogP contribution >= 0.6 is 35.8 Å². The number of carbonyl (C=O) groups is 1. The first-order chi connectivity index (χ1) is 10.0. The number of likely N-dealkylation sites (N-methyl/N-ethyl adjacent to an activating group) is 1. The molecular formula is C16H20Cl2N2OS. The molecule has 3 nitrogen and oxygen atoms in total. The molecular weight excluding hydrogens is 339 g/mol. The first-order valence-corrected chi connectivity index (χ1v) is 8.16. The Morgan fingerprint density at radius 1 is 1.32 bits per heavy atom. The molecule has 1 amide bonds. The summed E-state index contributed by atoms with van der Waals surface area (Å²) < 4.78 is 0. The molecule has 1 atom stereocenters. The number of hydrogen-bond donors (Lipinski definition) is 1. The first kappa shape index (κ1) is 19.1. The summed E-state index contributed by atoms with van der Waals surface area (Å²) in [5.74, 6) is 0.451. The minimum absolute atomic E-state index is 0. The van der Waals surface area contributed by atoms with Gasteiger partial charge in [0.15, 0.2) is 0 Å². The van der Waals surface area contributed by atoms with Crippen molar-refractivity contribution in [3.8, 4) is 0 Å². The van der Waals surface area contributed by atoms with Gasteiger partial charge in [0, 0.05) is 34.9 Å². The van der Waals surface area contributed by atoms with E-state index in [2.05, 4.69) is 0 Å². The number of thioether (sulfide) groups is 1. The monoisotopic (exact) mass is 358 g/mol. The molecule has 0 fully saturated rings. The first-order valence-electron chi connectivity index (χ1n) is 6.80. The van der Waals surface area contributed by atoms with Crippen molar-refractivity contribution in [1.29, 1.82) is 0 Å². The maximum Gasteiger partial charge on any atom is 0.232 e.